The molecule has 4 heteroatoms. The number of carbonyl (C=O) groups excluding carboxylic acids is 1. The van der Waals surface area contributed by atoms with E-state index in [0.29, 0.717) is 6.42 Å². The third-order valence-corrected chi connectivity index (χ3v) is 1.55. The number of ketones is 1. The zero-order valence-electron chi connectivity index (χ0n) is 6.69. The summed E-state index contributed by atoms with van der Waals surface area (Å²) >= 11 is 0. The van der Waals surface area contributed by atoms with E-state index in [9.17, 15) is 4.79 Å². The Kier molecular flexibility index (Phi) is 4.25. The van der Waals surface area contributed by atoms with Gasteiger partial charge in [0.05, 0.1) is 6.10 Å². The van der Waals surface area contributed by atoms with Gasteiger partial charge >= 0.3 is 0 Å². The molecule has 3 N–H and O–H groups in total. The van der Waals surface area contributed by atoms with Crippen molar-refractivity contribution in [2.24, 2.45) is 0 Å². The average Bonchev–Trinajstić information content (AvgIpc) is 2.00. The molecule has 0 rings (SSSR count). The number of aliphatic hydroxyl groups is 3. The maximum Gasteiger partial charge on any atom is 0.160 e. The van der Waals surface area contributed by atoms with E-state index in [-0.39, 0.29) is 0 Å². The smallest absolute Gasteiger partial charge is 0.160 e. The topological polar surface area (TPSA) is 77.8 Å². The van der Waals surface area contributed by atoms with Crippen molar-refractivity contribution in [3.05, 3.63) is 0 Å². The maximum atomic E-state index is 10.5. The summed E-state index contributed by atoms with van der Waals surface area (Å²) in [7, 11) is 0. The molecule has 4 nitrogen and oxygen atoms in total. The van der Waals surface area contributed by atoms with Gasteiger partial charge in [-0.3, -0.25) is 4.79 Å². The molecular formula is C7H14O4. The quantitative estimate of drug-likeness (QED) is 0.499. The van der Waals surface area contributed by atoms with Crippen molar-refractivity contribution in [3.8, 4) is 0 Å². The second-order valence-corrected chi connectivity index (χ2v) is 2.52. The molecule has 0 heterocycles. The van der Waals surface area contributed by atoms with Crippen LogP contribution in [0.5, 0.6) is 0 Å². The van der Waals surface area contributed by atoms with Crippen molar-refractivity contribution in [1.82, 2.24) is 0 Å². The van der Waals surface area contributed by atoms with Gasteiger partial charge in [-0.2, -0.15) is 0 Å². The summed E-state index contributed by atoms with van der Waals surface area (Å²) in [5.41, 5.74) is 0. The minimum atomic E-state index is -1.47. The van der Waals surface area contributed by atoms with Crippen LogP contribution < -0.4 is 0 Å². The zero-order valence-corrected chi connectivity index (χ0v) is 6.69. The predicted octanol–water partition coefficient (Wildman–Crippen LogP) is -0.932. The molecule has 3 atom stereocenters. The summed E-state index contributed by atoms with van der Waals surface area (Å²) in [6.07, 6.45) is -3.55. The van der Waals surface area contributed by atoms with Gasteiger partial charge < -0.3 is 15.3 Å². The molecule has 0 amide bonds. The highest BCUT2D eigenvalue weighted by Gasteiger charge is 2.26. The van der Waals surface area contributed by atoms with Crippen LogP contribution in [-0.2, 0) is 4.79 Å². The van der Waals surface area contributed by atoms with Gasteiger partial charge in [0.1, 0.15) is 12.2 Å². The van der Waals surface area contributed by atoms with Crippen LogP contribution in [0.25, 0.3) is 0 Å². The minimum Gasteiger partial charge on any atom is -0.390 e. The summed E-state index contributed by atoms with van der Waals surface area (Å²) in [5.74, 6) is -0.537. The largest absolute Gasteiger partial charge is 0.390 e. The Hall–Kier alpha value is -0.450. The predicted molar refractivity (Wildman–Crippen MR) is 39.0 cm³/mol. The first-order valence-electron chi connectivity index (χ1n) is 3.55. The van der Waals surface area contributed by atoms with E-state index in [1.807, 2.05) is 0 Å². The minimum absolute atomic E-state index is 0.311. The van der Waals surface area contributed by atoms with Crippen molar-refractivity contribution in [3.63, 3.8) is 0 Å². The second-order valence-electron chi connectivity index (χ2n) is 2.52. The molecule has 0 aliphatic heterocycles. The van der Waals surface area contributed by atoms with E-state index in [2.05, 4.69) is 0 Å². The zero-order chi connectivity index (χ0) is 9.02. The van der Waals surface area contributed by atoms with Gasteiger partial charge in [-0.15, -0.1) is 0 Å². The van der Waals surface area contributed by atoms with Crippen molar-refractivity contribution < 1.29 is 20.1 Å². The summed E-state index contributed by atoms with van der Waals surface area (Å²) in [6.45, 7) is 2.82. The molecule has 0 fully saturated rings. The summed E-state index contributed by atoms with van der Waals surface area (Å²) in [6, 6.07) is 0. The van der Waals surface area contributed by atoms with Gasteiger partial charge in [0.15, 0.2) is 5.78 Å². The number of hydrogen-bond acceptors (Lipinski definition) is 4. The van der Waals surface area contributed by atoms with E-state index < -0.39 is 24.1 Å². The van der Waals surface area contributed by atoms with Crippen LogP contribution in [-0.4, -0.2) is 39.4 Å². The first-order chi connectivity index (χ1) is 5.00. The van der Waals surface area contributed by atoms with Gasteiger partial charge in [-0.25, -0.2) is 0 Å². The molecule has 0 radical (unpaired) electrons. The molecule has 3 unspecified atom stereocenters. The average molecular weight is 162 g/mol. The van der Waals surface area contributed by atoms with Gasteiger partial charge in [0, 0.05) is 0 Å². The van der Waals surface area contributed by atoms with Crippen molar-refractivity contribution in [1.29, 1.82) is 0 Å². The Bertz CT molecular complexity index is 134. The van der Waals surface area contributed by atoms with E-state index in [1.54, 1.807) is 6.92 Å². The number of rotatable bonds is 4. The highest BCUT2D eigenvalue weighted by molar-refractivity contribution is 5.80. The Morgan fingerprint density at radius 1 is 1.36 bits per heavy atom. The molecule has 0 aromatic carbocycles. The SMILES string of the molecule is CCC(O)C(O)C(O)C(C)=O. The van der Waals surface area contributed by atoms with Crippen LogP contribution in [0.15, 0.2) is 0 Å². The standard InChI is InChI=1S/C7H14O4/c1-3-5(9)7(11)6(10)4(2)8/h5-7,9-11H,3H2,1-2H3. The summed E-state index contributed by atoms with van der Waals surface area (Å²) in [4.78, 5) is 10.5. The van der Waals surface area contributed by atoms with Crippen molar-refractivity contribution in [2.45, 2.75) is 38.6 Å². The van der Waals surface area contributed by atoms with Crippen molar-refractivity contribution in [2.75, 3.05) is 0 Å². The molecular weight excluding hydrogens is 148 g/mol. The lowest BCUT2D eigenvalue weighted by atomic mass is 10.0. The third kappa shape index (κ3) is 2.96. The molecule has 11 heavy (non-hydrogen) atoms. The normalized spacial score (nSPS) is 19.0. The first kappa shape index (κ1) is 10.6. The summed E-state index contributed by atoms with van der Waals surface area (Å²) < 4.78 is 0. The van der Waals surface area contributed by atoms with Gasteiger partial charge in [0.25, 0.3) is 0 Å². The molecule has 0 saturated carbocycles. The molecule has 0 aliphatic rings. The Morgan fingerprint density at radius 3 is 2.09 bits per heavy atom. The van der Waals surface area contributed by atoms with Gasteiger partial charge in [-0.05, 0) is 13.3 Å². The number of hydrogen-bond donors (Lipinski definition) is 3. The maximum absolute atomic E-state index is 10.5. The van der Waals surface area contributed by atoms with E-state index in [1.165, 1.54) is 0 Å². The second kappa shape index (κ2) is 4.43. The number of aliphatic hydroxyl groups excluding tert-OH is 3. The van der Waals surface area contributed by atoms with E-state index in [4.69, 9.17) is 15.3 Å². The highest BCUT2D eigenvalue weighted by Crippen LogP contribution is 2.04. The fourth-order valence-electron chi connectivity index (χ4n) is 0.692. The Balaban J connectivity index is 4.00. The monoisotopic (exact) mass is 162 g/mol. The van der Waals surface area contributed by atoms with Gasteiger partial charge in [-0.1, -0.05) is 6.92 Å². The Morgan fingerprint density at radius 2 is 1.82 bits per heavy atom. The van der Waals surface area contributed by atoms with Crippen LogP contribution in [0.3, 0.4) is 0 Å². The van der Waals surface area contributed by atoms with Crippen LogP contribution in [0.2, 0.25) is 0 Å². The number of carbonyl (C=O) groups is 1. The molecule has 66 valence electrons. The lowest BCUT2D eigenvalue weighted by Gasteiger charge is -2.19. The van der Waals surface area contributed by atoms with E-state index >= 15 is 0 Å². The molecule has 0 aromatic heterocycles. The summed E-state index contributed by atoms with van der Waals surface area (Å²) in [5, 5.41) is 27.0. The van der Waals surface area contributed by atoms with Crippen LogP contribution in [0.4, 0.5) is 0 Å². The Labute approximate surface area is 65.5 Å². The molecule has 0 saturated heterocycles. The molecule has 0 aliphatic carbocycles. The highest BCUT2D eigenvalue weighted by atomic mass is 16.4. The molecule has 0 spiro atoms. The lowest BCUT2D eigenvalue weighted by Crippen LogP contribution is -2.40. The van der Waals surface area contributed by atoms with Crippen LogP contribution in [0.1, 0.15) is 20.3 Å². The third-order valence-electron chi connectivity index (χ3n) is 1.55. The van der Waals surface area contributed by atoms with Crippen LogP contribution in [0, 0.1) is 0 Å². The fraction of sp³-hybridized carbons (Fsp3) is 0.857. The van der Waals surface area contributed by atoms with E-state index in [0.717, 1.165) is 6.92 Å². The van der Waals surface area contributed by atoms with Crippen molar-refractivity contribution >= 4 is 5.78 Å². The van der Waals surface area contributed by atoms with Gasteiger partial charge in [0.2, 0.25) is 0 Å². The molecule has 0 bridgehead atoms. The number of Topliss-reactive ketones (excluding diaryl/α,β-unsaturated/α-hetero) is 1. The fourth-order valence-corrected chi connectivity index (χ4v) is 0.692. The molecule has 0 aromatic rings. The lowest BCUT2D eigenvalue weighted by molar-refractivity contribution is -0.136. The first-order valence-corrected chi connectivity index (χ1v) is 3.55. The van der Waals surface area contributed by atoms with Crippen LogP contribution >= 0.6 is 0 Å².